The molecule has 1 heteroatoms. The fourth-order valence-electron chi connectivity index (χ4n) is 1.82. The Kier molecular flexibility index (Phi) is 6.42. The standard InChI is InChI=1S/C17H25N/c1-14(2)7-5-8-15(3)11-12-18-17-10-6-9-16(4)13-17/h6-7,9-10,12-13,15H,5,8,11H2,1-4H3. The molecule has 0 spiro atoms. The molecule has 0 aliphatic carbocycles. The van der Waals surface area contributed by atoms with Crippen molar-refractivity contribution in [1.29, 1.82) is 0 Å². The van der Waals surface area contributed by atoms with E-state index in [1.807, 2.05) is 0 Å². The molecule has 0 aliphatic heterocycles. The number of hydrogen-bond donors (Lipinski definition) is 0. The van der Waals surface area contributed by atoms with Gasteiger partial charge in [-0.15, -0.1) is 0 Å². The lowest BCUT2D eigenvalue weighted by molar-refractivity contribution is 0.563. The SMILES string of the molecule is CC(C)=CCCC(C)CC=Nc1cccc(C)c1. The van der Waals surface area contributed by atoms with Gasteiger partial charge in [0.15, 0.2) is 0 Å². The molecule has 0 heterocycles. The summed E-state index contributed by atoms with van der Waals surface area (Å²) in [5.41, 5.74) is 3.74. The van der Waals surface area contributed by atoms with E-state index in [1.54, 1.807) is 0 Å². The highest BCUT2D eigenvalue weighted by Crippen LogP contribution is 2.15. The Hall–Kier alpha value is -1.37. The van der Waals surface area contributed by atoms with Crippen molar-refractivity contribution in [2.75, 3.05) is 0 Å². The van der Waals surface area contributed by atoms with Gasteiger partial charge in [-0.25, -0.2) is 0 Å². The molecular weight excluding hydrogens is 218 g/mol. The normalized spacial score (nSPS) is 12.7. The Labute approximate surface area is 112 Å². The third kappa shape index (κ3) is 6.39. The Balaban J connectivity index is 2.33. The first kappa shape index (κ1) is 14.7. The zero-order valence-corrected chi connectivity index (χ0v) is 12.1. The van der Waals surface area contributed by atoms with Gasteiger partial charge in [0.2, 0.25) is 0 Å². The van der Waals surface area contributed by atoms with Crippen molar-refractivity contribution < 1.29 is 0 Å². The minimum Gasteiger partial charge on any atom is -0.261 e. The highest BCUT2D eigenvalue weighted by atomic mass is 14.7. The number of rotatable bonds is 6. The van der Waals surface area contributed by atoms with Gasteiger partial charge < -0.3 is 0 Å². The van der Waals surface area contributed by atoms with E-state index in [0.717, 1.165) is 12.1 Å². The highest BCUT2D eigenvalue weighted by molar-refractivity contribution is 5.63. The number of nitrogens with zero attached hydrogens (tertiary/aromatic N) is 1. The van der Waals surface area contributed by atoms with Crippen LogP contribution in [0.25, 0.3) is 0 Å². The lowest BCUT2D eigenvalue weighted by atomic mass is 10.0. The zero-order valence-electron chi connectivity index (χ0n) is 12.1. The van der Waals surface area contributed by atoms with Gasteiger partial charge in [0.25, 0.3) is 0 Å². The Morgan fingerprint density at radius 1 is 1.33 bits per heavy atom. The Morgan fingerprint density at radius 3 is 2.78 bits per heavy atom. The van der Waals surface area contributed by atoms with Crippen LogP contribution in [0.5, 0.6) is 0 Å². The summed E-state index contributed by atoms with van der Waals surface area (Å²) >= 11 is 0. The predicted octanol–water partition coefficient (Wildman–Crippen LogP) is 5.47. The first-order valence-corrected chi connectivity index (χ1v) is 6.80. The van der Waals surface area contributed by atoms with E-state index in [2.05, 4.69) is 69.2 Å². The number of benzene rings is 1. The molecule has 0 radical (unpaired) electrons. The molecule has 0 saturated heterocycles. The van der Waals surface area contributed by atoms with Gasteiger partial charge in [0.05, 0.1) is 5.69 Å². The smallest absolute Gasteiger partial charge is 0.0628 e. The molecule has 0 amide bonds. The molecular formula is C17H25N. The number of allylic oxidation sites excluding steroid dienone is 2. The van der Waals surface area contributed by atoms with Crippen molar-refractivity contribution in [2.24, 2.45) is 10.9 Å². The molecule has 0 N–H and O–H groups in total. The van der Waals surface area contributed by atoms with Crippen LogP contribution >= 0.6 is 0 Å². The molecule has 1 rings (SSSR count). The molecule has 0 aliphatic rings. The summed E-state index contributed by atoms with van der Waals surface area (Å²) in [6.07, 6.45) is 7.85. The van der Waals surface area contributed by atoms with Crippen LogP contribution in [0.4, 0.5) is 5.69 Å². The van der Waals surface area contributed by atoms with E-state index >= 15 is 0 Å². The van der Waals surface area contributed by atoms with Crippen LogP contribution < -0.4 is 0 Å². The minimum absolute atomic E-state index is 0.703. The first-order valence-electron chi connectivity index (χ1n) is 6.80. The monoisotopic (exact) mass is 243 g/mol. The van der Waals surface area contributed by atoms with Crippen molar-refractivity contribution in [1.82, 2.24) is 0 Å². The lowest BCUT2D eigenvalue weighted by Gasteiger charge is -2.05. The average Bonchev–Trinajstić information content (AvgIpc) is 2.28. The molecule has 1 nitrogen and oxygen atoms in total. The van der Waals surface area contributed by atoms with Gasteiger partial charge in [-0.3, -0.25) is 4.99 Å². The van der Waals surface area contributed by atoms with Crippen LogP contribution in [0.1, 0.15) is 45.6 Å². The molecule has 0 saturated carbocycles. The summed E-state index contributed by atoms with van der Waals surface area (Å²) in [6, 6.07) is 8.32. The van der Waals surface area contributed by atoms with Crippen molar-refractivity contribution in [3.05, 3.63) is 41.5 Å². The number of hydrogen-bond acceptors (Lipinski definition) is 1. The third-order valence-electron chi connectivity index (χ3n) is 2.96. The zero-order chi connectivity index (χ0) is 13.4. The first-order chi connectivity index (χ1) is 8.58. The number of aryl methyl sites for hydroxylation is 1. The van der Waals surface area contributed by atoms with E-state index in [-0.39, 0.29) is 0 Å². The summed E-state index contributed by atoms with van der Waals surface area (Å²) in [7, 11) is 0. The molecule has 1 aromatic carbocycles. The summed E-state index contributed by atoms with van der Waals surface area (Å²) in [5, 5.41) is 0. The van der Waals surface area contributed by atoms with E-state index in [0.29, 0.717) is 5.92 Å². The van der Waals surface area contributed by atoms with Crippen LogP contribution in [0, 0.1) is 12.8 Å². The minimum atomic E-state index is 0.703. The quantitative estimate of drug-likeness (QED) is 0.464. The fraction of sp³-hybridized carbons (Fsp3) is 0.471. The fourth-order valence-corrected chi connectivity index (χ4v) is 1.82. The van der Waals surface area contributed by atoms with Gasteiger partial charge in [-0.05, 0) is 63.6 Å². The van der Waals surface area contributed by atoms with Crippen LogP contribution in [0.3, 0.4) is 0 Å². The topological polar surface area (TPSA) is 12.4 Å². The second-order valence-corrected chi connectivity index (χ2v) is 5.35. The third-order valence-corrected chi connectivity index (χ3v) is 2.96. The van der Waals surface area contributed by atoms with E-state index in [9.17, 15) is 0 Å². The summed E-state index contributed by atoms with van der Waals surface area (Å²) in [5.74, 6) is 0.703. The van der Waals surface area contributed by atoms with Gasteiger partial charge in [0, 0.05) is 6.21 Å². The Bertz CT molecular complexity index is 411. The maximum Gasteiger partial charge on any atom is 0.0628 e. The largest absolute Gasteiger partial charge is 0.261 e. The van der Waals surface area contributed by atoms with Gasteiger partial charge in [-0.1, -0.05) is 30.7 Å². The van der Waals surface area contributed by atoms with Crippen LogP contribution in [0.2, 0.25) is 0 Å². The highest BCUT2D eigenvalue weighted by Gasteiger charge is 1.98. The number of aliphatic imine (C=N–C) groups is 1. The molecule has 0 bridgehead atoms. The van der Waals surface area contributed by atoms with Gasteiger partial charge in [0.1, 0.15) is 0 Å². The maximum atomic E-state index is 4.51. The van der Waals surface area contributed by atoms with E-state index < -0.39 is 0 Å². The molecule has 1 aromatic rings. The average molecular weight is 243 g/mol. The second-order valence-electron chi connectivity index (χ2n) is 5.35. The van der Waals surface area contributed by atoms with Crippen LogP contribution in [0.15, 0.2) is 40.9 Å². The van der Waals surface area contributed by atoms with E-state index in [4.69, 9.17) is 0 Å². The van der Waals surface area contributed by atoms with Crippen LogP contribution in [-0.4, -0.2) is 6.21 Å². The van der Waals surface area contributed by atoms with Crippen molar-refractivity contribution in [3.8, 4) is 0 Å². The molecule has 18 heavy (non-hydrogen) atoms. The van der Waals surface area contributed by atoms with Gasteiger partial charge >= 0.3 is 0 Å². The molecule has 1 unspecified atom stereocenters. The summed E-state index contributed by atoms with van der Waals surface area (Å²) < 4.78 is 0. The molecule has 0 aromatic heterocycles. The predicted molar refractivity (Wildman–Crippen MR) is 81.8 cm³/mol. The van der Waals surface area contributed by atoms with Crippen LogP contribution in [-0.2, 0) is 0 Å². The van der Waals surface area contributed by atoms with Crippen molar-refractivity contribution in [3.63, 3.8) is 0 Å². The molecule has 1 atom stereocenters. The summed E-state index contributed by atoms with van der Waals surface area (Å²) in [4.78, 5) is 4.51. The Morgan fingerprint density at radius 2 is 2.11 bits per heavy atom. The van der Waals surface area contributed by atoms with Crippen molar-refractivity contribution >= 4 is 11.9 Å². The molecule has 0 fully saturated rings. The molecule has 98 valence electrons. The maximum absolute atomic E-state index is 4.51. The second kappa shape index (κ2) is 7.86. The van der Waals surface area contributed by atoms with Crippen molar-refractivity contribution in [2.45, 2.75) is 47.0 Å². The summed E-state index contributed by atoms with van der Waals surface area (Å²) in [6.45, 7) is 8.70. The van der Waals surface area contributed by atoms with Gasteiger partial charge in [-0.2, -0.15) is 0 Å². The van der Waals surface area contributed by atoms with E-state index in [1.165, 1.54) is 24.0 Å². The lowest BCUT2D eigenvalue weighted by Crippen LogP contribution is -1.94.